The first-order valence-electron chi connectivity index (χ1n) is 24.8. The van der Waals surface area contributed by atoms with Gasteiger partial charge in [0.1, 0.15) is 59.2 Å². The number of likely N-dealkylation sites (N-methyl/N-ethyl adjacent to an activating group) is 1. The third-order valence-electron chi connectivity index (χ3n) is 13.8. The van der Waals surface area contributed by atoms with Gasteiger partial charge in [0, 0.05) is 73.7 Å². The van der Waals surface area contributed by atoms with Crippen molar-refractivity contribution >= 4 is 56.7 Å². The van der Waals surface area contributed by atoms with E-state index in [2.05, 4.69) is 21.8 Å². The van der Waals surface area contributed by atoms with Gasteiger partial charge >= 0.3 is 11.9 Å². The fourth-order valence-electron chi connectivity index (χ4n) is 9.86. The van der Waals surface area contributed by atoms with Gasteiger partial charge in [0.05, 0.1) is 28.2 Å². The van der Waals surface area contributed by atoms with Gasteiger partial charge < -0.3 is 33.3 Å². The third kappa shape index (κ3) is 12.2. The highest BCUT2D eigenvalue weighted by Crippen LogP contribution is 2.53. The average molecular weight is 1060 g/mol. The molecular formula is C55H61Cl2FN6O8S. The van der Waals surface area contributed by atoms with Crippen molar-refractivity contribution in [2.24, 2.45) is 5.92 Å². The minimum Gasteiger partial charge on any atom is -0.490 e. The number of rotatable bonds is 10. The molecule has 3 aliphatic heterocycles. The van der Waals surface area contributed by atoms with Crippen LogP contribution >= 0.6 is 34.5 Å². The van der Waals surface area contributed by atoms with Crippen LogP contribution in [0.1, 0.15) is 87.0 Å². The van der Waals surface area contributed by atoms with Crippen molar-refractivity contribution in [2.75, 3.05) is 53.5 Å². The second-order valence-corrected chi connectivity index (χ2v) is 22.0. The summed E-state index contributed by atoms with van der Waals surface area (Å²) in [6.45, 7) is 13.5. The summed E-state index contributed by atoms with van der Waals surface area (Å²) in [6, 6.07) is 13.6. The Labute approximate surface area is 439 Å². The molecule has 0 spiro atoms. The summed E-state index contributed by atoms with van der Waals surface area (Å²) >= 11 is 16.2. The summed E-state index contributed by atoms with van der Waals surface area (Å²) in [5, 5.41) is 1.14. The van der Waals surface area contributed by atoms with Crippen LogP contribution in [0.2, 0.25) is 10.0 Å². The molecule has 10 rings (SSSR count). The molecule has 73 heavy (non-hydrogen) atoms. The van der Waals surface area contributed by atoms with Crippen LogP contribution < -0.4 is 18.9 Å². The van der Waals surface area contributed by atoms with E-state index < -0.39 is 23.8 Å². The first kappa shape index (κ1) is 52.2. The lowest BCUT2D eigenvalue weighted by molar-refractivity contribution is -0.163. The Morgan fingerprint density at radius 3 is 2.33 bits per heavy atom. The zero-order valence-electron chi connectivity index (χ0n) is 42.3. The molecule has 3 aromatic carbocycles. The first-order chi connectivity index (χ1) is 35.0. The van der Waals surface area contributed by atoms with Crippen LogP contribution in [-0.4, -0.2) is 113 Å². The number of hydrogen-bond donors (Lipinski definition) is 0. The Balaban J connectivity index is 1.14. The Hall–Kier alpha value is -5.65. The lowest BCUT2D eigenvalue weighted by Gasteiger charge is -2.35. The Kier molecular flexibility index (Phi) is 16.1. The van der Waals surface area contributed by atoms with E-state index in [0.717, 1.165) is 62.6 Å². The average Bonchev–Trinajstić information content (AvgIpc) is 3.76. The van der Waals surface area contributed by atoms with Crippen molar-refractivity contribution in [2.45, 2.75) is 103 Å². The van der Waals surface area contributed by atoms with Gasteiger partial charge in [0.25, 0.3) is 0 Å². The molecule has 14 nitrogen and oxygen atoms in total. The van der Waals surface area contributed by atoms with Crippen molar-refractivity contribution in [3.05, 3.63) is 105 Å². The van der Waals surface area contributed by atoms with Crippen LogP contribution in [0.3, 0.4) is 0 Å². The number of esters is 2. The van der Waals surface area contributed by atoms with Gasteiger partial charge in [-0.3, -0.25) is 9.69 Å². The van der Waals surface area contributed by atoms with E-state index in [1.807, 2.05) is 38.1 Å². The molecular weight excluding hydrogens is 995 g/mol. The molecule has 1 saturated carbocycles. The number of thiophene rings is 1. The third-order valence-corrected chi connectivity index (χ3v) is 15.8. The smallest absolute Gasteiger partial charge is 0.348 e. The molecule has 3 aromatic heterocycles. The van der Waals surface area contributed by atoms with E-state index in [1.165, 1.54) is 36.9 Å². The number of halogens is 3. The fourth-order valence-corrected chi connectivity index (χ4v) is 11.5. The van der Waals surface area contributed by atoms with Crippen molar-refractivity contribution in [3.63, 3.8) is 0 Å². The SMILES string of the molecule is COC(=O)CC1CCC(c2nccc(COc3ccc4cc3C[C@H](C(=O)OC(C)(C)C)Oc3ncnc5sc(-c6ccc(F)cc6)c(c35)-c3c(C)c(Cl)c(c(Cl)c3C)O[C@H](CN3CCN(C)CC3)CO4)n2)CC1. The summed E-state index contributed by atoms with van der Waals surface area (Å²) in [6.07, 6.45) is 5.28. The van der Waals surface area contributed by atoms with E-state index in [-0.39, 0.29) is 49.1 Å². The molecule has 386 valence electrons. The van der Waals surface area contributed by atoms with Crippen molar-refractivity contribution in [3.8, 4) is 44.7 Å². The summed E-state index contributed by atoms with van der Waals surface area (Å²) in [5.74, 6) is 1.41. The van der Waals surface area contributed by atoms with Crippen molar-refractivity contribution in [1.29, 1.82) is 0 Å². The van der Waals surface area contributed by atoms with Crippen LogP contribution in [-0.2, 0) is 32.1 Å². The molecule has 18 heteroatoms. The number of benzene rings is 3. The molecule has 0 N–H and O–H groups in total. The van der Waals surface area contributed by atoms with Gasteiger partial charge in [0.2, 0.25) is 12.0 Å². The second-order valence-electron chi connectivity index (χ2n) is 20.2. The number of hydrogen-bond acceptors (Lipinski definition) is 15. The van der Waals surface area contributed by atoms with Gasteiger partial charge in [-0.05, 0) is 132 Å². The first-order valence-corrected chi connectivity index (χ1v) is 26.3. The normalized spacial score (nSPS) is 19.9. The van der Waals surface area contributed by atoms with Crippen LogP contribution in [0.15, 0.2) is 61.1 Å². The Bertz CT molecular complexity index is 2940. The van der Waals surface area contributed by atoms with Crippen molar-refractivity contribution in [1.82, 2.24) is 29.7 Å². The molecule has 4 aliphatic rings. The van der Waals surface area contributed by atoms with Crippen molar-refractivity contribution < 1.29 is 42.4 Å². The van der Waals surface area contributed by atoms with E-state index >= 15 is 0 Å². The zero-order chi connectivity index (χ0) is 51.6. The fraction of sp³-hybridized carbons (Fsp3) is 0.455. The lowest BCUT2D eigenvalue weighted by Crippen LogP contribution is -2.49. The molecule has 1 aliphatic carbocycles. The largest absolute Gasteiger partial charge is 0.490 e. The highest BCUT2D eigenvalue weighted by molar-refractivity contribution is 7.22. The molecule has 0 radical (unpaired) electrons. The van der Waals surface area contributed by atoms with Gasteiger partial charge in [0.15, 0.2) is 5.75 Å². The minimum atomic E-state index is -1.27. The van der Waals surface area contributed by atoms with Gasteiger partial charge in [-0.15, -0.1) is 11.3 Å². The molecule has 6 aromatic rings. The predicted octanol–water partition coefficient (Wildman–Crippen LogP) is 11.0. The number of carbonyl (C=O) groups excluding carboxylic acids is 2. The quantitative estimate of drug-likeness (QED) is 0.120. The maximum Gasteiger partial charge on any atom is 0.348 e. The lowest BCUT2D eigenvalue weighted by atomic mass is 9.80. The van der Waals surface area contributed by atoms with E-state index in [9.17, 15) is 14.0 Å². The van der Waals surface area contributed by atoms with Crippen LogP contribution in [0.25, 0.3) is 31.8 Å². The topological polar surface area (TPSA) is 148 Å². The standard InChI is InChI=1S/C55H61Cl2FN6O8S/c1-31-44-32(2)48(57)49(47(31)56)70-40(27-64-22-20-63(6)21-23-64)29-68-39-16-17-41(69-28-38-18-19-59-51(62-38)35-10-8-33(9-11-35)24-43(65)67-7)36(25-39)26-42(54(66)72-55(3,4)5)71-52-46-45(44)50(73-53(46)61-30-60-52)34-12-14-37(58)15-13-34/h12-19,25,30,33,35,40,42H,8-11,20-24,26-29H2,1-7H3/t33?,35?,40-,42-/m1/s1. The molecule has 2 fully saturated rings. The van der Waals surface area contributed by atoms with Crippen LogP contribution in [0.5, 0.6) is 23.1 Å². The highest BCUT2D eigenvalue weighted by atomic mass is 35.5. The number of piperazine rings is 1. The minimum absolute atomic E-state index is 0.0215. The van der Waals surface area contributed by atoms with E-state index in [1.54, 1.807) is 39.1 Å². The molecule has 4 bridgehead atoms. The predicted molar refractivity (Wildman–Crippen MR) is 280 cm³/mol. The number of nitrogens with zero attached hydrogens (tertiary/aromatic N) is 6. The van der Waals surface area contributed by atoms with Gasteiger partial charge in [-0.1, -0.05) is 35.3 Å². The Morgan fingerprint density at radius 2 is 1.63 bits per heavy atom. The molecule has 0 unspecified atom stereocenters. The number of carbonyl (C=O) groups is 2. The van der Waals surface area contributed by atoms with Crippen LogP contribution in [0.4, 0.5) is 4.39 Å². The van der Waals surface area contributed by atoms with Gasteiger partial charge in [-0.25, -0.2) is 29.1 Å². The number of methoxy groups -OCH3 is 1. The number of ether oxygens (including phenoxy) is 6. The summed E-state index contributed by atoms with van der Waals surface area (Å²) < 4.78 is 52.6. The molecule has 0 amide bonds. The van der Waals surface area contributed by atoms with Gasteiger partial charge in [-0.2, -0.15) is 0 Å². The maximum atomic E-state index is 14.6. The summed E-state index contributed by atoms with van der Waals surface area (Å²) in [7, 11) is 3.54. The molecule has 2 atom stereocenters. The zero-order valence-corrected chi connectivity index (χ0v) is 44.6. The second kappa shape index (κ2) is 22.4. The van der Waals surface area contributed by atoms with Crippen LogP contribution in [0, 0.1) is 25.6 Å². The number of fused-ring (bicyclic) bond motifs is 7. The monoisotopic (exact) mass is 1050 g/mol. The summed E-state index contributed by atoms with van der Waals surface area (Å²) in [5.41, 5.74) is 3.82. The molecule has 1 saturated heterocycles. The molecule has 6 heterocycles. The maximum absolute atomic E-state index is 14.6. The highest BCUT2D eigenvalue weighted by Gasteiger charge is 2.34. The Morgan fingerprint density at radius 1 is 0.904 bits per heavy atom. The van der Waals surface area contributed by atoms with E-state index in [4.69, 9.17) is 66.6 Å². The number of aromatic nitrogens is 4. The summed E-state index contributed by atoms with van der Waals surface area (Å²) in [4.78, 5) is 51.5. The van der Waals surface area contributed by atoms with E-state index in [0.29, 0.717) is 89.6 Å².